The van der Waals surface area contributed by atoms with Crippen LogP contribution in [0.2, 0.25) is 0 Å². The molecule has 204 valence electrons. The molecule has 0 spiro atoms. The van der Waals surface area contributed by atoms with Crippen molar-refractivity contribution in [3.63, 3.8) is 0 Å². The van der Waals surface area contributed by atoms with Crippen molar-refractivity contribution in [2.45, 2.75) is 38.7 Å². The lowest BCUT2D eigenvalue weighted by Crippen LogP contribution is -2.45. The molecule has 3 N–H and O–H groups in total. The van der Waals surface area contributed by atoms with Gasteiger partial charge in [-0.05, 0) is 74.5 Å². The molecular formula is C28H32F3N3O4. The lowest BCUT2D eigenvalue weighted by molar-refractivity contribution is -0.152. The van der Waals surface area contributed by atoms with E-state index in [9.17, 15) is 28.2 Å². The zero-order valence-electron chi connectivity index (χ0n) is 21.3. The highest BCUT2D eigenvalue weighted by Crippen LogP contribution is 2.38. The molecule has 0 amide bonds. The van der Waals surface area contributed by atoms with Gasteiger partial charge in [0.25, 0.3) is 0 Å². The average Bonchev–Trinajstić information content (AvgIpc) is 2.92. The molecule has 0 saturated carbocycles. The van der Waals surface area contributed by atoms with Gasteiger partial charge in [-0.2, -0.15) is 0 Å². The molecule has 0 atom stereocenters. The minimum Gasteiger partial charge on any atom is -0.497 e. The number of aliphatic hydroxyl groups excluding tert-OH is 1. The van der Waals surface area contributed by atoms with Crippen molar-refractivity contribution >= 4 is 22.6 Å². The molecule has 2 aromatic carbocycles. The van der Waals surface area contributed by atoms with E-state index >= 15 is 0 Å². The average molecular weight is 532 g/mol. The third-order valence-electron chi connectivity index (χ3n) is 7.54. The number of benzene rings is 2. The predicted octanol–water partition coefficient (Wildman–Crippen LogP) is 4.75. The summed E-state index contributed by atoms with van der Waals surface area (Å²) in [6.45, 7) is 1.95. The summed E-state index contributed by atoms with van der Waals surface area (Å²) in [6.07, 6.45) is 4.38. The number of carbonyl (C=O) groups is 1. The largest absolute Gasteiger partial charge is 0.497 e. The first-order chi connectivity index (χ1) is 18.3. The summed E-state index contributed by atoms with van der Waals surface area (Å²) in [5.41, 5.74) is 1.78. The fourth-order valence-corrected chi connectivity index (χ4v) is 5.22. The van der Waals surface area contributed by atoms with Crippen molar-refractivity contribution in [3.05, 3.63) is 65.1 Å². The van der Waals surface area contributed by atoms with Gasteiger partial charge in [0.1, 0.15) is 5.75 Å². The Labute approximate surface area is 219 Å². The van der Waals surface area contributed by atoms with Gasteiger partial charge in [-0.25, -0.2) is 13.2 Å². The number of carboxylic acid groups (broad SMARTS) is 1. The zero-order valence-corrected chi connectivity index (χ0v) is 21.3. The highest BCUT2D eigenvalue weighted by molar-refractivity contribution is 5.84. The van der Waals surface area contributed by atoms with Gasteiger partial charge in [-0.1, -0.05) is 0 Å². The summed E-state index contributed by atoms with van der Waals surface area (Å²) in [4.78, 5) is 18.9. The number of fused-ring (bicyclic) bond motifs is 1. The van der Waals surface area contributed by atoms with E-state index in [-0.39, 0.29) is 12.3 Å². The Balaban J connectivity index is 1.34. The Morgan fingerprint density at radius 3 is 2.50 bits per heavy atom. The van der Waals surface area contributed by atoms with Crippen LogP contribution in [-0.2, 0) is 17.8 Å². The molecule has 1 aromatic heterocycles. The molecule has 1 aliphatic rings. The molecule has 0 unspecified atom stereocenters. The van der Waals surface area contributed by atoms with Crippen LogP contribution in [-0.4, -0.2) is 59.4 Å². The van der Waals surface area contributed by atoms with Gasteiger partial charge in [0.2, 0.25) is 0 Å². The quantitative estimate of drug-likeness (QED) is 0.307. The first-order valence-corrected chi connectivity index (χ1v) is 12.7. The summed E-state index contributed by atoms with van der Waals surface area (Å²) < 4.78 is 45.3. The monoisotopic (exact) mass is 531 g/mol. The first-order valence-electron chi connectivity index (χ1n) is 12.7. The van der Waals surface area contributed by atoms with Crippen LogP contribution in [0.1, 0.15) is 36.8 Å². The highest BCUT2D eigenvalue weighted by atomic mass is 19.2. The van der Waals surface area contributed by atoms with Crippen molar-refractivity contribution < 1.29 is 32.9 Å². The predicted molar refractivity (Wildman–Crippen MR) is 138 cm³/mol. The number of carboxylic acids is 1. The number of aryl methyl sites for hydroxylation is 1. The number of piperidine rings is 1. The summed E-state index contributed by atoms with van der Waals surface area (Å²) in [5, 5.41) is 23.8. The van der Waals surface area contributed by atoms with Crippen molar-refractivity contribution in [2.75, 3.05) is 38.6 Å². The van der Waals surface area contributed by atoms with Crippen LogP contribution in [0.25, 0.3) is 10.9 Å². The minimum atomic E-state index is -1.50. The van der Waals surface area contributed by atoms with E-state index in [1.807, 2.05) is 18.2 Å². The molecule has 10 heteroatoms. The SMILES string of the molecule is COc1ccc2ncc(CO)c(CCCC3(C(=O)O)CCN(CCNc4cc(F)c(F)c(F)c4)CC3)c2c1. The Morgan fingerprint density at radius 1 is 1.16 bits per heavy atom. The molecule has 1 aliphatic heterocycles. The van der Waals surface area contributed by atoms with Crippen molar-refractivity contribution in [3.8, 4) is 5.75 Å². The van der Waals surface area contributed by atoms with Crippen molar-refractivity contribution in [1.29, 1.82) is 0 Å². The number of nitrogens with zero attached hydrogens (tertiary/aromatic N) is 2. The van der Waals surface area contributed by atoms with E-state index in [1.54, 1.807) is 13.3 Å². The number of ether oxygens (including phenoxy) is 1. The van der Waals surface area contributed by atoms with E-state index in [0.29, 0.717) is 64.0 Å². The first kappa shape index (κ1) is 27.7. The standard InChI is InChI=1S/C28H32F3N3O4/c1-38-20-4-5-25-22(15-20)21(18(17-35)16-33-25)3-2-6-28(27(36)37)7-10-34(11-8-28)12-9-32-19-13-23(29)26(31)24(30)14-19/h4-5,13-16,32,35H,2-3,6-12,17H2,1H3,(H,36,37). The molecule has 7 nitrogen and oxygen atoms in total. The molecule has 0 radical (unpaired) electrons. The summed E-state index contributed by atoms with van der Waals surface area (Å²) in [5.74, 6) is -4.12. The molecular weight excluding hydrogens is 499 g/mol. The van der Waals surface area contributed by atoms with E-state index < -0.39 is 28.8 Å². The molecule has 0 aliphatic carbocycles. The number of hydrogen-bond donors (Lipinski definition) is 3. The second-order valence-electron chi connectivity index (χ2n) is 9.76. The molecule has 2 heterocycles. The van der Waals surface area contributed by atoms with Crippen LogP contribution in [0.15, 0.2) is 36.5 Å². The van der Waals surface area contributed by atoms with E-state index in [4.69, 9.17) is 4.74 Å². The van der Waals surface area contributed by atoms with Crippen molar-refractivity contribution in [2.24, 2.45) is 5.41 Å². The van der Waals surface area contributed by atoms with Crippen LogP contribution < -0.4 is 10.1 Å². The fourth-order valence-electron chi connectivity index (χ4n) is 5.22. The molecule has 3 aromatic rings. The molecule has 0 bridgehead atoms. The smallest absolute Gasteiger partial charge is 0.309 e. The van der Waals surface area contributed by atoms with Gasteiger partial charge in [-0.15, -0.1) is 0 Å². The van der Waals surface area contributed by atoms with Gasteiger partial charge in [0.15, 0.2) is 17.5 Å². The number of aromatic nitrogens is 1. The molecule has 38 heavy (non-hydrogen) atoms. The van der Waals surface area contributed by atoms with Crippen LogP contribution >= 0.6 is 0 Å². The molecule has 1 saturated heterocycles. The highest BCUT2D eigenvalue weighted by Gasteiger charge is 2.40. The summed E-state index contributed by atoms with van der Waals surface area (Å²) in [7, 11) is 1.59. The number of pyridine rings is 1. The second kappa shape index (κ2) is 12.0. The second-order valence-corrected chi connectivity index (χ2v) is 9.76. The maximum Gasteiger partial charge on any atom is 0.309 e. The third-order valence-corrected chi connectivity index (χ3v) is 7.54. The molecule has 4 rings (SSSR count). The maximum atomic E-state index is 13.4. The number of methoxy groups -OCH3 is 1. The Bertz CT molecular complexity index is 1270. The number of likely N-dealkylation sites (tertiary alicyclic amines) is 1. The number of halogens is 3. The van der Waals surface area contributed by atoms with Crippen molar-refractivity contribution in [1.82, 2.24) is 9.88 Å². The Kier molecular flexibility index (Phi) is 8.73. The lowest BCUT2D eigenvalue weighted by Gasteiger charge is -2.39. The normalized spacial score (nSPS) is 15.5. The number of aliphatic carboxylic acids is 1. The Morgan fingerprint density at radius 2 is 1.87 bits per heavy atom. The van der Waals surface area contributed by atoms with E-state index in [0.717, 1.165) is 34.2 Å². The van der Waals surface area contributed by atoms with Crippen LogP contribution in [0.5, 0.6) is 5.75 Å². The van der Waals surface area contributed by atoms with Crippen LogP contribution in [0.3, 0.4) is 0 Å². The number of aliphatic hydroxyl groups is 1. The fraction of sp³-hybridized carbons (Fsp3) is 0.429. The topological polar surface area (TPSA) is 94.9 Å². The number of rotatable bonds is 11. The number of nitrogens with one attached hydrogen (secondary N) is 1. The van der Waals surface area contributed by atoms with Gasteiger partial charge in [-0.3, -0.25) is 9.78 Å². The third kappa shape index (κ3) is 6.02. The van der Waals surface area contributed by atoms with Crippen LogP contribution in [0, 0.1) is 22.9 Å². The lowest BCUT2D eigenvalue weighted by atomic mass is 9.74. The Hall–Kier alpha value is -3.37. The summed E-state index contributed by atoms with van der Waals surface area (Å²) in [6, 6.07) is 7.41. The minimum absolute atomic E-state index is 0.153. The van der Waals surface area contributed by atoms with E-state index in [2.05, 4.69) is 15.2 Å². The van der Waals surface area contributed by atoms with Gasteiger partial charge < -0.3 is 25.2 Å². The van der Waals surface area contributed by atoms with E-state index in [1.165, 1.54) is 0 Å². The summed E-state index contributed by atoms with van der Waals surface area (Å²) >= 11 is 0. The van der Waals surface area contributed by atoms with Gasteiger partial charge in [0.05, 0.1) is 24.6 Å². The number of hydrogen-bond acceptors (Lipinski definition) is 6. The van der Waals surface area contributed by atoms with Gasteiger partial charge in [0, 0.05) is 42.5 Å². The zero-order chi connectivity index (χ0) is 27.3. The van der Waals surface area contributed by atoms with Crippen LogP contribution in [0.4, 0.5) is 18.9 Å². The number of anilines is 1. The van der Waals surface area contributed by atoms with Gasteiger partial charge >= 0.3 is 5.97 Å². The molecule has 1 fully saturated rings. The maximum absolute atomic E-state index is 13.4.